The zero-order chi connectivity index (χ0) is 18.5. The van der Waals surface area contributed by atoms with Crippen molar-refractivity contribution in [3.63, 3.8) is 0 Å². The van der Waals surface area contributed by atoms with E-state index in [9.17, 15) is 9.59 Å². The predicted octanol–water partition coefficient (Wildman–Crippen LogP) is 4.72. The molecule has 3 rings (SSSR count). The minimum absolute atomic E-state index is 0.0323. The smallest absolute Gasteiger partial charge is 0.226 e. The van der Waals surface area contributed by atoms with Crippen LogP contribution in [0.4, 0.5) is 11.4 Å². The van der Waals surface area contributed by atoms with E-state index < -0.39 is 0 Å². The number of nitrogens with one attached hydrogen (secondary N) is 2. The molecule has 0 heterocycles. The Hall–Kier alpha value is -2.88. The van der Waals surface area contributed by atoms with Gasteiger partial charge in [-0.3, -0.25) is 9.59 Å². The standard InChI is InChI=1S/C22H24N2O2/c1-15(2)22(26)24-21-11-7-6-10-20(21)23-18-12-17(13-19(25)14-18)16-8-4-3-5-9-16/h3-11,14-15,17,23H,12-13H2,1-2H3,(H,24,26)/t17-/m0/s1. The second-order valence-electron chi connectivity index (χ2n) is 6.97. The van der Waals surface area contributed by atoms with Gasteiger partial charge in [-0.1, -0.05) is 56.3 Å². The van der Waals surface area contributed by atoms with Crippen LogP contribution in [0.25, 0.3) is 0 Å². The van der Waals surface area contributed by atoms with Crippen LogP contribution >= 0.6 is 0 Å². The van der Waals surface area contributed by atoms with Gasteiger partial charge in [0.25, 0.3) is 0 Å². The van der Waals surface area contributed by atoms with Crippen LogP contribution in [0.3, 0.4) is 0 Å². The first-order chi connectivity index (χ1) is 12.5. The summed E-state index contributed by atoms with van der Waals surface area (Å²) in [4.78, 5) is 24.3. The zero-order valence-electron chi connectivity index (χ0n) is 15.2. The number of para-hydroxylation sites is 2. The Morgan fingerprint density at radius 2 is 1.62 bits per heavy atom. The zero-order valence-corrected chi connectivity index (χ0v) is 15.2. The lowest BCUT2D eigenvalue weighted by Crippen LogP contribution is -2.20. The second kappa shape index (κ2) is 8.00. The summed E-state index contributed by atoms with van der Waals surface area (Å²) in [6, 6.07) is 17.7. The van der Waals surface area contributed by atoms with Crippen molar-refractivity contribution in [2.24, 2.45) is 5.92 Å². The summed E-state index contributed by atoms with van der Waals surface area (Å²) in [6.45, 7) is 3.72. The molecule has 0 spiro atoms. The average Bonchev–Trinajstić information content (AvgIpc) is 2.63. The molecule has 2 N–H and O–H groups in total. The highest BCUT2D eigenvalue weighted by molar-refractivity contribution is 5.96. The van der Waals surface area contributed by atoms with Gasteiger partial charge in [0.05, 0.1) is 11.4 Å². The molecule has 2 aromatic carbocycles. The van der Waals surface area contributed by atoms with Crippen molar-refractivity contribution < 1.29 is 9.59 Å². The summed E-state index contributed by atoms with van der Waals surface area (Å²) in [5.74, 6) is 0.168. The molecule has 0 aromatic heterocycles. The van der Waals surface area contributed by atoms with Gasteiger partial charge < -0.3 is 10.6 Å². The number of carbonyl (C=O) groups excluding carboxylic acids is 2. The molecule has 26 heavy (non-hydrogen) atoms. The lowest BCUT2D eigenvalue weighted by atomic mass is 9.85. The van der Waals surface area contributed by atoms with E-state index in [0.717, 1.165) is 23.5 Å². The number of rotatable bonds is 5. The minimum atomic E-state index is -0.0963. The van der Waals surface area contributed by atoms with E-state index in [0.29, 0.717) is 6.42 Å². The van der Waals surface area contributed by atoms with Crippen molar-refractivity contribution >= 4 is 23.1 Å². The third kappa shape index (κ3) is 4.39. The fourth-order valence-electron chi connectivity index (χ4n) is 3.09. The Morgan fingerprint density at radius 3 is 2.31 bits per heavy atom. The number of amides is 1. The van der Waals surface area contributed by atoms with Crippen molar-refractivity contribution in [2.45, 2.75) is 32.6 Å². The molecule has 0 saturated carbocycles. The number of ketones is 1. The van der Waals surface area contributed by atoms with E-state index in [2.05, 4.69) is 22.8 Å². The Morgan fingerprint density at radius 1 is 0.962 bits per heavy atom. The summed E-state index contributed by atoms with van der Waals surface area (Å²) in [5.41, 5.74) is 3.58. The van der Waals surface area contributed by atoms with E-state index in [1.165, 1.54) is 5.56 Å². The first kappa shape index (κ1) is 17.9. The topological polar surface area (TPSA) is 58.2 Å². The fraction of sp³-hybridized carbons (Fsp3) is 0.273. The molecule has 0 radical (unpaired) electrons. The lowest BCUT2D eigenvalue weighted by Gasteiger charge is -2.24. The Balaban J connectivity index is 1.78. The molecule has 0 unspecified atom stereocenters. The van der Waals surface area contributed by atoms with E-state index in [1.807, 2.05) is 56.3 Å². The molecule has 4 nitrogen and oxygen atoms in total. The van der Waals surface area contributed by atoms with Crippen LogP contribution in [0, 0.1) is 5.92 Å². The van der Waals surface area contributed by atoms with Gasteiger partial charge in [0, 0.05) is 24.1 Å². The van der Waals surface area contributed by atoms with Gasteiger partial charge in [0.15, 0.2) is 5.78 Å². The van der Waals surface area contributed by atoms with Crippen molar-refractivity contribution in [1.82, 2.24) is 0 Å². The van der Waals surface area contributed by atoms with Gasteiger partial charge in [0.1, 0.15) is 0 Å². The van der Waals surface area contributed by atoms with Crippen molar-refractivity contribution in [3.05, 3.63) is 71.9 Å². The largest absolute Gasteiger partial charge is 0.357 e. The number of benzene rings is 2. The summed E-state index contributed by atoms with van der Waals surface area (Å²) in [7, 11) is 0. The summed E-state index contributed by atoms with van der Waals surface area (Å²) in [6.07, 6.45) is 2.98. The number of allylic oxidation sites excluding steroid dienone is 2. The van der Waals surface area contributed by atoms with Crippen LogP contribution in [-0.4, -0.2) is 11.7 Å². The maximum absolute atomic E-state index is 12.2. The molecule has 2 aromatic rings. The first-order valence-corrected chi connectivity index (χ1v) is 8.98. The number of hydrogen-bond acceptors (Lipinski definition) is 3. The second-order valence-corrected chi connectivity index (χ2v) is 6.97. The molecular formula is C22H24N2O2. The van der Waals surface area contributed by atoms with E-state index in [4.69, 9.17) is 0 Å². The molecule has 0 saturated heterocycles. The highest BCUT2D eigenvalue weighted by atomic mass is 16.1. The van der Waals surface area contributed by atoms with Gasteiger partial charge in [-0.2, -0.15) is 0 Å². The maximum atomic E-state index is 12.2. The molecule has 1 aliphatic carbocycles. The fourth-order valence-corrected chi connectivity index (χ4v) is 3.09. The van der Waals surface area contributed by atoms with Gasteiger partial charge in [-0.15, -0.1) is 0 Å². The number of anilines is 2. The van der Waals surface area contributed by atoms with Crippen molar-refractivity contribution in [3.8, 4) is 0 Å². The molecule has 1 amide bonds. The van der Waals surface area contributed by atoms with Crippen molar-refractivity contribution in [1.29, 1.82) is 0 Å². The molecular weight excluding hydrogens is 324 g/mol. The van der Waals surface area contributed by atoms with Crippen LogP contribution < -0.4 is 10.6 Å². The highest BCUT2D eigenvalue weighted by Gasteiger charge is 2.22. The maximum Gasteiger partial charge on any atom is 0.226 e. The highest BCUT2D eigenvalue weighted by Crippen LogP contribution is 2.33. The van der Waals surface area contributed by atoms with Crippen LogP contribution in [0.15, 0.2) is 66.4 Å². The van der Waals surface area contributed by atoms with Crippen LogP contribution in [0.1, 0.15) is 38.2 Å². The van der Waals surface area contributed by atoms with E-state index in [1.54, 1.807) is 6.08 Å². The summed E-state index contributed by atoms with van der Waals surface area (Å²) < 4.78 is 0. The Bertz CT molecular complexity index is 825. The van der Waals surface area contributed by atoms with Gasteiger partial charge in [-0.05, 0) is 30.0 Å². The number of carbonyl (C=O) groups is 2. The quantitative estimate of drug-likeness (QED) is 0.822. The lowest BCUT2D eigenvalue weighted by molar-refractivity contribution is -0.119. The SMILES string of the molecule is CC(C)C(=O)Nc1ccccc1NC1=CC(=O)C[C@@H](c2ccccc2)C1. The molecule has 0 bridgehead atoms. The molecule has 1 aliphatic rings. The molecule has 4 heteroatoms. The Labute approximate surface area is 154 Å². The van der Waals surface area contributed by atoms with Crippen LogP contribution in [0.2, 0.25) is 0 Å². The van der Waals surface area contributed by atoms with Crippen LogP contribution in [0.5, 0.6) is 0 Å². The Kier molecular flexibility index (Phi) is 5.52. The van der Waals surface area contributed by atoms with E-state index >= 15 is 0 Å². The third-order valence-electron chi connectivity index (χ3n) is 4.52. The molecule has 0 aliphatic heterocycles. The van der Waals surface area contributed by atoms with Crippen LogP contribution in [-0.2, 0) is 9.59 Å². The third-order valence-corrected chi connectivity index (χ3v) is 4.52. The molecule has 1 atom stereocenters. The van der Waals surface area contributed by atoms with Crippen molar-refractivity contribution in [2.75, 3.05) is 10.6 Å². The predicted molar refractivity (Wildman–Crippen MR) is 105 cm³/mol. The minimum Gasteiger partial charge on any atom is -0.357 e. The molecule has 0 fully saturated rings. The monoisotopic (exact) mass is 348 g/mol. The molecule has 134 valence electrons. The van der Waals surface area contributed by atoms with Gasteiger partial charge >= 0.3 is 0 Å². The summed E-state index contributed by atoms with van der Waals surface area (Å²) in [5, 5.41) is 6.29. The average molecular weight is 348 g/mol. The van der Waals surface area contributed by atoms with Gasteiger partial charge in [0.2, 0.25) is 5.91 Å². The number of hydrogen-bond donors (Lipinski definition) is 2. The van der Waals surface area contributed by atoms with E-state index in [-0.39, 0.29) is 23.5 Å². The summed E-state index contributed by atoms with van der Waals surface area (Å²) >= 11 is 0. The first-order valence-electron chi connectivity index (χ1n) is 8.98. The van der Waals surface area contributed by atoms with Gasteiger partial charge in [-0.25, -0.2) is 0 Å². The normalized spacial score (nSPS) is 17.0.